The summed E-state index contributed by atoms with van der Waals surface area (Å²) in [7, 11) is 1.73. The molecule has 20 heavy (non-hydrogen) atoms. The lowest BCUT2D eigenvalue weighted by Gasteiger charge is -2.18. The third kappa shape index (κ3) is 2.72. The van der Waals surface area contributed by atoms with Crippen LogP contribution in [0.25, 0.3) is 0 Å². The fourth-order valence-electron chi connectivity index (χ4n) is 2.34. The first-order valence-electron chi connectivity index (χ1n) is 6.79. The Labute approximate surface area is 117 Å². The van der Waals surface area contributed by atoms with Crippen molar-refractivity contribution in [1.82, 2.24) is 15.1 Å². The van der Waals surface area contributed by atoms with E-state index in [1.807, 2.05) is 24.6 Å². The van der Waals surface area contributed by atoms with Crippen molar-refractivity contribution in [2.45, 2.75) is 32.9 Å². The van der Waals surface area contributed by atoms with Crippen molar-refractivity contribution in [1.29, 1.82) is 0 Å². The zero-order valence-corrected chi connectivity index (χ0v) is 12.0. The molecule has 0 aliphatic rings. The predicted octanol–water partition coefficient (Wildman–Crippen LogP) is 3.05. The van der Waals surface area contributed by atoms with Crippen LogP contribution in [0.4, 0.5) is 8.78 Å². The van der Waals surface area contributed by atoms with Crippen molar-refractivity contribution < 1.29 is 8.78 Å². The minimum Gasteiger partial charge on any atom is -0.308 e. The largest absolute Gasteiger partial charge is 0.308 e. The molecule has 0 bridgehead atoms. The van der Waals surface area contributed by atoms with Gasteiger partial charge in [0, 0.05) is 12.1 Å². The maximum Gasteiger partial charge on any atom is 0.128 e. The highest BCUT2D eigenvalue weighted by Gasteiger charge is 2.21. The van der Waals surface area contributed by atoms with Gasteiger partial charge in [0.05, 0.1) is 17.4 Å². The van der Waals surface area contributed by atoms with Crippen LogP contribution in [0.3, 0.4) is 0 Å². The Morgan fingerprint density at radius 3 is 2.60 bits per heavy atom. The van der Waals surface area contributed by atoms with E-state index in [1.165, 1.54) is 6.07 Å². The van der Waals surface area contributed by atoms with Gasteiger partial charge >= 0.3 is 0 Å². The van der Waals surface area contributed by atoms with Gasteiger partial charge in [0.25, 0.3) is 0 Å². The number of hydrogen-bond acceptors (Lipinski definition) is 2. The van der Waals surface area contributed by atoms with Gasteiger partial charge in [-0.05, 0) is 44.7 Å². The Morgan fingerprint density at radius 2 is 2.00 bits per heavy atom. The van der Waals surface area contributed by atoms with E-state index >= 15 is 0 Å². The third-order valence-corrected chi connectivity index (χ3v) is 3.38. The van der Waals surface area contributed by atoms with Crippen LogP contribution in [-0.4, -0.2) is 16.8 Å². The van der Waals surface area contributed by atoms with Crippen LogP contribution < -0.4 is 5.32 Å². The Balaban J connectivity index is 2.51. The zero-order chi connectivity index (χ0) is 14.7. The summed E-state index contributed by atoms with van der Waals surface area (Å²) < 4.78 is 29.2. The molecule has 0 saturated heterocycles. The van der Waals surface area contributed by atoms with Crippen molar-refractivity contribution in [3.05, 3.63) is 52.9 Å². The second-order valence-corrected chi connectivity index (χ2v) is 4.62. The highest BCUT2D eigenvalue weighted by atomic mass is 19.1. The number of halogens is 2. The fourth-order valence-corrected chi connectivity index (χ4v) is 2.34. The topological polar surface area (TPSA) is 29.9 Å². The molecule has 0 aliphatic heterocycles. The average Bonchev–Trinajstić information content (AvgIpc) is 2.87. The SMILES string of the molecule is CCc1cc(C(NC)c2cc(F)ccc2F)n(CC)n1. The van der Waals surface area contributed by atoms with E-state index in [4.69, 9.17) is 0 Å². The van der Waals surface area contributed by atoms with Crippen LogP contribution >= 0.6 is 0 Å². The predicted molar refractivity (Wildman–Crippen MR) is 74.5 cm³/mol. The molecule has 0 aliphatic carbocycles. The Hall–Kier alpha value is -1.75. The Bertz CT molecular complexity index is 593. The lowest BCUT2D eigenvalue weighted by Crippen LogP contribution is -2.22. The van der Waals surface area contributed by atoms with Gasteiger partial charge < -0.3 is 5.32 Å². The van der Waals surface area contributed by atoms with Crippen LogP contribution in [0.1, 0.15) is 36.8 Å². The molecule has 1 aromatic heterocycles. The molecule has 0 spiro atoms. The van der Waals surface area contributed by atoms with Crippen LogP contribution in [0.15, 0.2) is 24.3 Å². The number of nitrogens with one attached hydrogen (secondary N) is 1. The molecule has 2 rings (SSSR count). The highest BCUT2D eigenvalue weighted by molar-refractivity contribution is 5.31. The maximum atomic E-state index is 14.0. The summed E-state index contributed by atoms with van der Waals surface area (Å²) in [5.41, 5.74) is 2.08. The lowest BCUT2D eigenvalue weighted by molar-refractivity contribution is 0.524. The molecule has 0 fully saturated rings. The molecule has 0 radical (unpaired) electrons. The van der Waals surface area contributed by atoms with Gasteiger partial charge in [-0.25, -0.2) is 8.78 Å². The number of nitrogens with zero attached hydrogens (tertiary/aromatic N) is 2. The summed E-state index contributed by atoms with van der Waals surface area (Å²) in [4.78, 5) is 0. The van der Waals surface area contributed by atoms with Crippen molar-refractivity contribution >= 4 is 0 Å². The Kier molecular flexibility index (Phi) is 4.49. The van der Waals surface area contributed by atoms with E-state index < -0.39 is 17.7 Å². The minimum absolute atomic E-state index is 0.296. The zero-order valence-electron chi connectivity index (χ0n) is 12.0. The number of aromatic nitrogens is 2. The molecule has 0 saturated carbocycles. The minimum atomic E-state index is -0.445. The van der Waals surface area contributed by atoms with Gasteiger partial charge in [0.2, 0.25) is 0 Å². The maximum absolute atomic E-state index is 14.0. The van der Waals surface area contributed by atoms with E-state index in [9.17, 15) is 8.78 Å². The van der Waals surface area contributed by atoms with E-state index in [1.54, 1.807) is 7.05 Å². The fraction of sp³-hybridized carbons (Fsp3) is 0.400. The second-order valence-electron chi connectivity index (χ2n) is 4.62. The molecule has 108 valence electrons. The smallest absolute Gasteiger partial charge is 0.128 e. The van der Waals surface area contributed by atoms with E-state index in [0.717, 1.165) is 29.9 Å². The first-order valence-corrected chi connectivity index (χ1v) is 6.79. The number of rotatable bonds is 5. The molecule has 2 aromatic rings. The molecule has 1 N–H and O–H groups in total. The second kappa shape index (κ2) is 6.13. The molecule has 0 amide bonds. The summed E-state index contributed by atoms with van der Waals surface area (Å²) in [5, 5.41) is 7.50. The molecule has 1 atom stereocenters. The summed E-state index contributed by atoms with van der Waals surface area (Å²) in [5.74, 6) is -0.868. The standard InChI is InChI=1S/C15H19F2N3/c1-4-11-9-14(20(5-2)19-11)15(18-3)12-8-10(16)6-7-13(12)17/h6-9,15,18H,4-5H2,1-3H3. The summed E-state index contributed by atoms with van der Waals surface area (Å²) in [6, 6.07) is 5.03. The van der Waals surface area contributed by atoms with Gasteiger partial charge in [-0.3, -0.25) is 4.68 Å². The molecule has 1 unspecified atom stereocenters. The van der Waals surface area contributed by atoms with Crippen molar-refractivity contribution in [3.8, 4) is 0 Å². The number of aryl methyl sites for hydroxylation is 2. The van der Waals surface area contributed by atoms with Gasteiger partial charge in [-0.2, -0.15) is 5.10 Å². The van der Waals surface area contributed by atoms with Crippen LogP contribution in [0, 0.1) is 11.6 Å². The first kappa shape index (κ1) is 14.7. The van der Waals surface area contributed by atoms with Crippen LogP contribution in [0.5, 0.6) is 0 Å². The van der Waals surface area contributed by atoms with Gasteiger partial charge in [-0.15, -0.1) is 0 Å². The van der Waals surface area contributed by atoms with Gasteiger partial charge in [0.15, 0.2) is 0 Å². The third-order valence-electron chi connectivity index (χ3n) is 3.38. The van der Waals surface area contributed by atoms with Gasteiger partial charge in [-0.1, -0.05) is 6.92 Å². The molecular formula is C15H19F2N3. The first-order chi connectivity index (χ1) is 9.60. The lowest BCUT2D eigenvalue weighted by atomic mass is 10.0. The van der Waals surface area contributed by atoms with Crippen molar-refractivity contribution in [2.75, 3.05) is 7.05 Å². The molecule has 1 aromatic carbocycles. The summed E-state index contributed by atoms with van der Waals surface area (Å²) in [6.07, 6.45) is 0.808. The summed E-state index contributed by atoms with van der Waals surface area (Å²) in [6.45, 7) is 4.68. The molecule has 5 heteroatoms. The van der Waals surface area contributed by atoms with Crippen LogP contribution in [-0.2, 0) is 13.0 Å². The molecule has 1 heterocycles. The van der Waals surface area contributed by atoms with E-state index in [0.29, 0.717) is 12.1 Å². The highest BCUT2D eigenvalue weighted by Crippen LogP contribution is 2.26. The number of benzene rings is 1. The number of hydrogen-bond donors (Lipinski definition) is 1. The molecule has 3 nitrogen and oxygen atoms in total. The monoisotopic (exact) mass is 279 g/mol. The Morgan fingerprint density at radius 1 is 1.25 bits per heavy atom. The molecular weight excluding hydrogens is 260 g/mol. The van der Waals surface area contributed by atoms with E-state index in [-0.39, 0.29) is 0 Å². The van der Waals surface area contributed by atoms with Gasteiger partial charge in [0.1, 0.15) is 11.6 Å². The van der Waals surface area contributed by atoms with Crippen molar-refractivity contribution in [3.63, 3.8) is 0 Å². The summed E-state index contributed by atoms with van der Waals surface area (Å²) >= 11 is 0. The quantitative estimate of drug-likeness (QED) is 0.911. The van der Waals surface area contributed by atoms with E-state index in [2.05, 4.69) is 10.4 Å². The van der Waals surface area contributed by atoms with Crippen molar-refractivity contribution in [2.24, 2.45) is 0 Å². The average molecular weight is 279 g/mol. The van der Waals surface area contributed by atoms with Crippen LogP contribution in [0.2, 0.25) is 0 Å². The normalized spacial score (nSPS) is 12.7.